The Kier molecular flexibility index (Phi) is 4.46. The van der Waals surface area contributed by atoms with E-state index in [1.54, 1.807) is 0 Å². The predicted molar refractivity (Wildman–Crippen MR) is 48.2 cm³/mol. The maximum absolute atomic E-state index is 12.6. The van der Waals surface area contributed by atoms with Crippen molar-refractivity contribution in [3.8, 4) is 0 Å². The summed E-state index contributed by atoms with van der Waals surface area (Å²) < 4.78 is 25.0. The van der Waals surface area contributed by atoms with Gasteiger partial charge in [0, 0.05) is 0 Å². The Bertz CT molecular complexity index is 346. The number of carboxylic acids is 1. The van der Waals surface area contributed by atoms with Crippen LogP contribution in [0.2, 0.25) is 0 Å². The molecule has 1 rings (SSSR count). The van der Waals surface area contributed by atoms with Crippen molar-refractivity contribution in [1.82, 2.24) is 0 Å². The second-order valence-corrected chi connectivity index (χ2v) is 2.49. The Labute approximate surface area is 84.9 Å². The maximum atomic E-state index is 12.6. The molecular weight excluding hydrogens is 216 g/mol. The summed E-state index contributed by atoms with van der Waals surface area (Å²) >= 11 is 0. The van der Waals surface area contributed by atoms with Gasteiger partial charge in [0.15, 0.2) is 11.6 Å². The summed E-state index contributed by atoms with van der Waals surface area (Å²) in [5, 5.41) is 8.45. The van der Waals surface area contributed by atoms with E-state index in [0.717, 1.165) is 18.2 Å². The minimum atomic E-state index is -1.32. The molecular formula is C8H8ClF2NO2. The van der Waals surface area contributed by atoms with Gasteiger partial charge < -0.3 is 10.8 Å². The van der Waals surface area contributed by atoms with E-state index in [1.165, 1.54) is 0 Å². The van der Waals surface area contributed by atoms with Crippen LogP contribution in [0.5, 0.6) is 0 Å². The van der Waals surface area contributed by atoms with Crippen molar-refractivity contribution in [1.29, 1.82) is 0 Å². The molecule has 0 bridgehead atoms. The van der Waals surface area contributed by atoms with E-state index in [4.69, 9.17) is 10.8 Å². The van der Waals surface area contributed by atoms with Gasteiger partial charge in [-0.25, -0.2) is 8.78 Å². The first kappa shape index (κ1) is 12.8. The number of carbonyl (C=O) groups is 1. The minimum absolute atomic E-state index is 0. The zero-order valence-electron chi connectivity index (χ0n) is 6.91. The Morgan fingerprint density at radius 3 is 2.36 bits per heavy atom. The molecule has 0 aliphatic heterocycles. The van der Waals surface area contributed by atoms with Crippen molar-refractivity contribution in [3.63, 3.8) is 0 Å². The quantitative estimate of drug-likeness (QED) is 0.798. The fourth-order valence-corrected chi connectivity index (χ4v) is 0.848. The van der Waals surface area contributed by atoms with Crippen LogP contribution in [-0.2, 0) is 4.79 Å². The highest BCUT2D eigenvalue weighted by Gasteiger charge is 2.15. The summed E-state index contributed by atoms with van der Waals surface area (Å²) in [6.45, 7) is 0. The highest BCUT2D eigenvalue weighted by Crippen LogP contribution is 2.14. The van der Waals surface area contributed by atoms with Crippen molar-refractivity contribution in [2.24, 2.45) is 5.73 Å². The maximum Gasteiger partial charge on any atom is 0.325 e. The topological polar surface area (TPSA) is 63.3 Å². The Morgan fingerprint density at radius 2 is 1.93 bits per heavy atom. The first-order valence-corrected chi connectivity index (χ1v) is 3.45. The van der Waals surface area contributed by atoms with E-state index in [1.807, 2.05) is 0 Å². The third-order valence-corrected chi connectivity index (χ3v) is 1.57. The summed E-state index contributed by atoms with van der Waals surface area (Å²) in [7, 11) is 0. The van der Waals surface area contributed by atoms with Gasteiger partial charge in [0.05, 0.1) is 0 Å². The van der Waals surface area contributed by atoms with Crippen LogP contribution in [0.4, 0.5) is 8.78 Å². The van der Waals surface area contributed by atoms with Crippen LogP contribution >= 0.6 is 12.4 Å². The average molecular weight is 224 g/mol. The molecule has 0 aliphatic rings. The molecule has 3 N–H and O–H groups in total. The van der Waals surface area contributed by atoms with Crippen LogP contribution in [0.1, 0.15) is 11.6 Å². The van der Waals surface area contributed by atoms with Gasteiger partial charge in [-0.3, -0.25) is 4.79 Å². The van der Waals surface area contributed by atoms with Gasteiger partial charge in [-0.15, -0.1) is 12.4 Å². The molecule has 0 amide bonds. The molecule has 0 saturated heterocycles. The summed E-state index contributed by atoms with van der Waals surface area (Å²) in [5.74, 6) is -3.42. The third kappa shape index (κ3) is 2.65. The molecule has 0 spiro atoms. The zero-order chi connectivity index (χ0) is 10.0. The number of hydrogen-bond acceptors (Lipinski definition) is 2. The van der Waals surface area contributed by atoms with Gasteiger partial charge in [0.25, 0.3) is 0 Å². The SMILES string of the molecule is Cl.NC(C(=O)O)c1ccc(F)c(F)c1. The molecule has 78 valence electrons. The molecule has 1 aromatic carbocycles. The van der Waals surface area contributed by atoms with Gasteiger partial charge in [-0.2, -0.15) is 0 Å². The first-order chi connectivity index (χ1) is 6.02. The molecule has 0 aromatic heterocycles. The molecule has 0 aliphatic carbocycles. The molecule has 6 heteroatoms. The molecule has 1 aromatic rings. The molecule has 14 heavy (non-hydrogen) atoms. The van der Waals surface area contributed by atoms with E-state index >= 15 is 0 Å². The monoisotopic (exact) mass is 223 g/mol. The first-order valence-electron chi connectivity index (χ1n) is 3.45. The molecule has 0 fully saturated rings. The Hall–Kier alpha value is -1.20. The van der Waals surface area contributed by atoms with Crippen LogP contribution in [-0.4, -0.2) is 11.1 Å². The fraction of sp³-hybridized carbons (Fsp3) is 0.125. The van der Waals surface area contributed by atoms with Crippen LogP contribution in [0, 0.1) is 11.6 Å². The highest BCUT2D eigenvalue weighted by atomic mass is 35.5. The number of aliphatic carboxylic acids is 1. The van der Waals surface area contributed by atoms with Gasteiger partial charge >= 0.3 is 5.97 Å². The summed E-state index contributed by atoms with van der Waals surface area (Å²) in [6, 6.07) is 1.42. The number of nitrogens with two attached hydrogens (primary N) is 1. The second kappa shape index (κ2) is 4.88. The van der Waals surface area contributed by atoms with Gasteiger partial charge in [0.2, 0.25) is 0 Å². The minimum Gasteiger partial charge on any atom is -0.480 e. The van der Waals surface area contributed by atoms with Gasteiger partial charge in [-0.1, -0.05) is 6.07 Å². The molecule has 0 radical (unpaired) electrons. The van der Waals surface area contributed by atoms with E-state index < -0.39 is 23.6 Å². The number of rotatable bonds is 2. The fourth-order valence-electron chi connectivity index (χ4n) is 0.848. The third-order valence-electron chi connectivity index (χ3n) is 1.57. The highest BCUT2D eigenvalue weighted by molar-refractivity contribution is 5.85. The summed E-state index contributed by atoms with van der Waals surface area (Å²) in [4.78, 5) is 10.4. The van der Waals surface area contributed by atoms with Gasteiger partial charge in [-0.05, 0) is 17.7 Å². The van der Waals surface area contributed by atoms with Gasteiger partial charge in [0.1, 0.15) is 6.04 Å². The average Bonchev–Trinajstić information content (AvgIpc) is 2.08. The lowest BCUT2D eigenvalue weighted by atomic mass is 10.1. The van der Waals surface area contributed by atoms with Crippen LogP contribution in [0.25, 0.3) is 0 Å². The lowest BCUT2D eigenvalue weighted by Gasteiger charge is -2.06. The second-order valence-electron chi connectivity index (χ2n) is 2.49. The predicted octanol–water partition coefficient (Wildman–Crippen LogP) is 1.47. The number of benzene rings is 1. The standard InChI is InChI=1S/C8H7F2NO2.ClH/c9-5-2-1-4(3-6(5)10)7(11)8(12)13;/h1-3,7H,11H2,(H,12,13);1H. The van der Waals surface area contributed by atoms with Crippen molar-refractivity contribution < 1.29 is 18.7 Å². The van der Waals surface area contributed by atoms with Crippen molar-refractivity contribution >= 4 is 18.4 Å². The van der Waals surface area contributed by atoms with E-state index in [9.17, 15) is 13.6 Å². The Balaban J connectivity index is 0.00000169. The van der Waals surface area contributed by atoms with E-state index in [-0.39, 0.29) is 18.0 Å². The summed E-state index contributed by atoms with van der Waals surface area (Å²) in [6.07, 6.45) is 0. The molecule has 1 unspecified atom stereocenters. The van der Waals surface area contributed by atoms with Crippen molar-refractivity contribution in [2.75, 3.05) is 0 Å². The van der Waals surface area contributed by atoms with Crippen LogP contribution in [0.15, 0.2) is 18.2 Å². The summed E-state index contributed by atoms with van der Waals surface area (Å²) in [5.41, 5.74) is 5.20. The smallest absolute Gasteiger partial charge is 0.325 e. The number of carboxylic acid groups (broad SMARTS) is 1. The molecule has 0 heterocycles. The molecule has 0 saturated carbocycles. The number of halogens is 3. The van der Waals surface area contributed by atoms with Crippen molar-refractivity contribution in [2.45, 2.75) is 6.04 Å². The van der Waals surface area contributed by atoms with Crippen LogP contribution in [0.3, 0.4) is 0 Å². The molecule has 3 nitrogen and oxygen atoms in total. The van der Waals surface area contributed by atoms with Crippen LogP contribution < -0.4 is 5.73 Å². The Morgan fingerprint density at radius 1 is 1.36 bits per heavy atom. The lowest BCUT2D eigenvalue weighted by molar-refractivity contribution is -0.138. The largest absolute Gasteiger partial charge is 0.480 e. The van der Waals surface area contributed by atoms with Crippen molar-refractivity contribution in [3.05, 3.63) is 35.4 Å². The zero-order valence-corrected chi connectivity index (χ0v) is 7.72. The number of hydrogen-bond donors (Lipinski definition) is 2. The molecule has 1 atom stereocenters. The van der Waals surface area contributed by atoms with E-state index in [0.29, 0.717) is 0 Å². The normalized spacial score (nSPS) is 11.6. The lowest BCUT2D eigenvalue weighted by Crippen LogP contribution is -2.20. The van der Waals surface area contributed by atoms with E-state index in [2.05, 4.69) is 0 Å².